The molecule has 4 aromatic rings. The summed E-state index contributed by atoms with van der Waals surface area (Å²) in [7, 11) is 2.13. The van der Waals surface area contributed by atoms with Crippen LogP contribution in [0.1, 0.15) is 12.5 Å². The molecule has 5 rings (SSSR count). The molecule has 0 radical (unpaired) electrons. The van der Waals surface area contributed by atoms with Crippen LogP contribution in [0.4, 0.5) is 5.69 Å². The van der Waals surface area contributed by atoms with Crippen molar-refractivity contribution in [2.75, 3.05) is 7.05 Å². The van der Waals surface area contributed by atoms with E-state index < -0.39 is 0 Å². The summed E-state index contributed by atoms with van der Waals surface area (Å²) in [5.74, 6) is 0. The highest BCUT2D eigenvalue weighted by atomic mass is 127. The number of aryl methyl sites for hydroxylation is 1. The zero-order valence-corrected chi connectivity index (χ0v) is 17.2. The van der Waals surface area contributed by atoms with Gasteiger partial charge >= 0.3 is 0 Å². The van der Waals surface area contributed by atoms with Crippen molar-refractivity contribution < 1.29 is 33.3 Å². The van der Waals surface area contributed by atoms with Crippen LogP contribution >= 0.6 is 0 Å². The van der Waals surface area contributed by atoms with Gasteiger partial charge in [-0.05, 0) is 23.8 Å². The highest BCUT2D eigenvalue weighted by Gasteiger charge is 2.32. The molecule has 26 heavy (non-hydrogen) atoms. The number of quaternary nitrogens is 1. The van der Waals surface area contributed by atoms with E-state index in [1.54, 1.807) is 0 Å². The molecule has 3 nitrogen and oxygen atoms in total. The van der Waals surface area contributed by atoms with Crippen molar-refractivity contribution in [1.29, 1.82) is 0 Å². The molecule has 1 aliphatic rings. The Hall–Kier alpha value is -2.05. The molecule has 1 unspecified atom stereocenters. The normalized spacial score (nSPS) is 19.6. The lowest BCUT2D eigenvalue weighted by molar-refractivity contribution is -0.806. The number of nitrogens with zero attached hydrogens (tertiary/aromatic N) is 1. The minimum Gasteiger partial charge on any atom is -1.00 e. The molecule has 0 bridgehead atoms. The Kier molecular flexibility index (Phi) is 4.20. The second-order valence-corrected chi connectivity index (χ2v) is 6.96. The van der Waals surface area contributed by atoms with Gasteiger partial charge in [0.15, 0.2) is 17.4 Å². The van der Waals surface area contributed by atoms with E-state index in [1.807, 2.05) is 6.07 Å². The molecule has 2 heterocycles. The van der Waals surface area contributed by atoms with Gasteiger partial charge in [0.05, 0.1) is 6.20 Å². The van der Waals surface area contributed by atoms with Crippen LogP contribution in [0.25, 0.3) is 32.7 Å². The molecule has 0 saturated heterocycles. The fourth-order valence-electron chi connectivity index (χ4n) is 4.15. The molecule has 0 aliphatic carbocycles. The van der Waals surface area contributed by atoms with Gasteiger partial charge in [0, 0.05) is 30.3 Å². The van der Waals surface area contributed by atoms with Crippen molar-refractivity contribution in [3.05, 3.63) is 66.5 Å². The Morgan fingerprint density at radius 3 is 2.31 bits per heavy atom. The highest BCUT2D eigenvalue weighted by molar-refractivity contribution is 6.22. The predicted molar refractivity (Wildman–Crippen MR) is 103 cm³/mol. The molecular weight excluding hydrogens is 435 g/mol. The molecule has 1 N–H and O–H groups in total. The number of furan rings is 1. The number of hydrogen-bond donors (Lipinski definition) is 1. The molecule has 1 aliphatic heterocycles. The molecule has 0 saturated carbocycles. The topological polar surface area (TPSA) is 20.8 Å². The molecule has 4 heteroatoms. The minimum atomic E-state index is 0. The summed E-state index contributed by atoms with van der Waals surface area (Å²) in [4.78, 5) is 3.58. The first-order valence-electron chi connectivity index (χ1n) is 8.76. The lowest BCUT2D eigenvalue weighted by atomic mass is 9.97. The average molecular weight is 456 g/mol. The number of rotatable bonds is 1. The molecule has 132 valence electrons. The van der Waals surface area contributed by atoms with E-state index in [1.165, 1.54) is 37.7 Å². The van der Waals surface area contributed by atoms with E-state index in [0.29, 0.717) is 6.17 Å². The third-order valence-corrected chi connectivity index (χ3v) is 5.64. The molecule has 2 atom stereocenters. The Labute approximate surface area is 169 Å². The molecule has 0 spiro atoms. The summed E-state index contributed by atoms with van der Waals surface area (Å²) < 4.78 is 6.40. The zero-order valence-electron chi connectivity index (χ0n) is 15.1. The van der Waals surface area contributed by atoms with Gasteiger partial charge in [0.25, 0.3) is 0 Å². The third-order valence-electron chi connectivity index (χ3n) is 5.64. The van der Waals surface area contributed by atoms with Crippen molar-refractivity contribution in [2.45, 2.75) is 20.0 Å². The minimum absolute atomic E-state index is 0. The van der Waals surface area contributed by atoms with Crippen LogP contribution in [-0.2, 0) is 0 Å². The number of nitrogens with one attached hydrogen (secondary N) is 1. The Balaban J connectivity index is 0.00000168. The van der Waals surface area contributed by atoms with Crippen LogP contribution in [0.15, 0.2) is 65.3 Å². The summed E-state index contributed by atoms with van der Waals surface area (Å²) in [5.41, 5.74) is 4.51. The van der Waals surface area contributed by atoms with Crippen molar-refractivity contribution in [1.82, 2.24) is 4.90 Å². The van der Waals surface area contributed by atoms with Gasteiger partial charge in [-0.1, -0.05) is 42.5 Å². The summed E-state index contributed by atoms with van der Waals surface area (Å²) in [6, 6.07) is 17.0. The van der Waals surface area contributed by atoms with Gasteiger partial charge in [0.2, 0.25) is 0 Å². The SMILES string of the molecule is Cc1c([NH+]2C=CN(C)[C@@H]2C)c2oc3ccccc3c2c2ccccc12.[I-]. The van der Waals surface area contributed by atoms with Crippen LogP contribution in [0.5, 0.6) is 0 Å². The standard InChI is InChI=1S/C22H20N2O.HI/c1-14-16-8-4-5-9-17(16)20-18-10-6-7-11-19(18)25-22(20)21(14)24-13-12-23(3)15(24)2;/h4-13,15H,1-3H3;1H/t15-;/m0./s1. The fourth-order valence-corrected chi connectivity index (χ4v) is 4.15. The Morgan fingerprint density at radius 2 is 1.62 bits per heavy atom. The lowest BCUT2D eigenvalue weighted by Crippen LogP contribution is -3.06. The fraction of sp³-hybridized carbons (Fsp3) is 0.182. The molecule has 0 amide bonds. The zero-order chi connectivity index (χ0) is 17.1. The van der Waals surface area contributed by atoms with E-state index in [4.69, 9.17) is 4.42 Å². The van der Waals surface area contributed by atoms with E-state index in [2.05, 4.69) is 80.7 Å². The smallest absolute Gasteiger partial charge is 0.197 e. The van der Waals surface area contributed by atoms with E-state index >= 15 is 0 Å². The molecule has 1 aromatic heterocycles. The second kappa shape index (κ2) is 6.28. The lowest BCUT2D eigenvalue weighted by Gasteiger charge is -2.23. The van der Waals surface area contributed by atoms with Gasteiger partial charge < -0.3 is 33.3 Å². The van der Waals surface area contributed by atoms with Crippen LogP contribution < -0.4 is 28.9 Å². The van der Waals surface area contributed by atoms with Gasteiger partial charge in [-0.2, -0.15) is 0 Å². The van der Waals surface area contributed by atoms with Crippen LogP contribution in [-0.4, -0.2) is 18.1 Å². The third kappa shape index (κ3) is 2.28. The maximum absolute atomic E-state index is 6.40. The predicted octanol–water partition coefficient (Wildman–Crippen LogP) is 1.33. The number of fused-ring (bicyclic) bond motifs is 5. The number of hydrogen-bond acceptors (Lipinski definition) is 2. The van der Waals surface area contributed by atoms with E-state index in [-0.39, 0.29) is 24.0 Å². The average Bonchev–Trinajstić information content (AvgIpc) is 3.17. The first-order valence-corrected chi connectivity index (χ1v) is 8.76. The second-order valence-electron chi connectivity index (χ2n) is 6.96. The van der Waals surface area contributed by atoms with Crippen LogP contribution in [0.2, 0.25) is 0 Å². The Bertz CT molecular complexity index is 1160. The highest BCUT2D eigenvalue weighted by Crippen LogP contribution is 2.40. The van der Waals surface area contributed by atoms with Gasteiger partial charge in [-0.3, -0.25) is 4.90 Å². The van der Waals surface area contributed by atoms with Gasteiger partial charge in [0.1, 0.15) is 11.8 Å². The number of halogens is 1. The van der Waals surface area contributed by atoms with Crippen molar-refractivity contribution in [2.24, 2.45) is 0 Å². The van der Waals surface area contributed by atoms with E-state index in [0.717, 1.165) is 11.2 Å². The number of benzene rings is 3. The monoisotopic (exact) mass is 456 g/mol. The Morgan fingerprint density at radius 1 is 0.962 bits per heavy atom. The maximum atomic E-state index is 6.40. The van der Waals surface area contributed by atoms with Crippen LogP contribution in [0, 0.1) is 6.92 Å². The summed E-state index contributed by atoms with van der Waals surface area (Å²) >= 11 is 0. The first kappa shape index (κ1) is 17.4. The van der Waals surface area contributed by atoms with Gasteiger partial charge in [-0.25, -0.2) is 0 Å². The first-order chi connectivity index (χ1) is 12.2. The van der Waals surface area contributed by atoms with Gasteiger partial charge in [-0.15, -0.1) is 0 Å². The van der Waals surface area contributed by atoms with Crippen molar-refractivity contribution in [3.8, 4) is 0 Å². The molecular formula is C22H21IN2O. The summed E-state index contributed by atoms with van der Waals surface area (Å²) in [6.07, 6.45) is 4.73. The molecule has 0 fully saturated rings. The van der Waals surface area contributed by atoms with Crippen molar-refractivity contribution in [3.63, 3.8) is 0 Å². The van der Waals surface area contributed by atoms with Crippen LogP contribution in [0.3, 0.4) is 0 Å². The summed E-state index contributed by atoms with van der Waals surface area (Å²) in [5, 5.41) is 5.00. The molecule has 3 aromatic carbocycles. The maximum Gasteiger partial charge on any atom is 0.197 e. The largest absolute Gasteiger partial charge is 1.00 e. The summed E-state index contributed by atoms with van der Waals surface area (Å²) in [6.45, 7) is 4.47. The quantitative estimate of drug-likeness (QED) is 0.437. The van der Waals surface area contributed by atoms with Crippen molar-refractivity contribution >= 4 is 38.4 Å². The number of para-hydroxylation sites is 1. The van der Waals surface area contributed by atoms with E-state index in [9.17, 15) is 0 Å².